The molecule has 2 aromatic rings. The van der Waals surface area contributed by atoms with Gasteiger partial charge in [0.1, 0.15) is 11.4 Å². The van der Waals surface area contributed by atoms with E-state index in [-0.39, 0.29) is 5.78 Å². The second-order valence-electron chi connectivity index (χ2n) is 5.55. The van der Waals surface area contributed by atoms with Crippen LogP contribution in [0.2, 0.25) is 0 Å². The number of hydrogen-bond acceptors (Lipinski definition) is 5. The molecule has 3 nitrogen and oxygen atoms in total. The zero-order chi connectivity index (χ0) is 15.0. The molecular formula is C15H20N2OS2. The highest BCUT2D eigenvalue weighted by atomic mass is 32.1. The zero-order valence-corrected chi connectivity index (χ0v) is 14.4. The third-order valence-corrected chi connectivity index (χ3v) is 5.59. The number of carbonyl (C=O) groups excluding carboxylic acids is 1. The van der Waals surface area contributed by atoms with Gasteiger partial charge in [-0.3, -0.25) is 4.79 Å². The van der Waals surface area contributed by atoms with Gasteiger partial charge in [-0.15, -0.1) is 22.7 Å². The summed E-state index contributed by atoms with van der Waals surface area (Å²) in [5.74, 6) is 0.664. The van der Waals surface area contributed by atoms with Gasteiger partial charge in [0.05, 0.1) is 10.0 Å². The summed E-state index contributed by atoms with van der Waals surface area (Å²) in [6, 6.07) is 0. The minimum atomic E-state index is -0.0358. The van der Waals surface area contributed by atoms with Crippen LogP contribution in [-0.4, -0.2) is 15.8 Å². The van der Waals surface area contributed by atoms with E-state index in [2.05, 4.69) is 37.7 Å². The van der Waals surface area contributed by atoms with Crippen molar-refractivity contribution in [3.8, 4) is 0 Å². The normalized spacial score (nSPS) is 11.6. The fourth-order valence-electron chi connectivity index (χ4n) is 1.86. The molecular weight excluding hydrogens is 288 g/mol. The van der Waals surface area contributed by atoms with Crippen LogP contribution in [0, 0.1) is 13.8 Å². The number of rotatable bonds is 4. The predicted molar refractivity (Wildman–Crippen MR) is 85.3 cm³/mol. The van der Waals surface area contributed by atoms with E-state index in [9.17, 15) is 4.79 Å². The van der Waals surface area contributed by atoms with Crippen LogP contribution in [0.3, 0.4) is 0 Å². The maximum atomic E-state index is 12.6. The molecule has 20 heavy (non-hydrogen) atoms. The Kier molecular flexibility index (Phi) is 4.39. The van der Waals surface area contributed by atoms with Crippen molar-refractivity contribution >= 4 is 28.5 Å². The molecule has 0 amide bonds. The van der Waals surface area contributed by atoms with Crippen molar-refractivity contribution in [2.75, 3.05) is 0 Å². The van der Waals surface area contributed by atoms with Crippen molar-refractivity contribution in [2.45, 2.75) is 53.4 Å². The smallest absolute Gasteiger partial charge is 0.231 e. The fraction of sp³-hybridized carbons (Fsp3) is 0.533. The van der Waals surface area contributed by atoms with Crippen molar-refractivity contribution in [3.05, 3.63) is 31.2 Å². The van der Waals surface area contributed by atoms with E-state index in [1.807, 2.05) is 13.8 Å². The van der Waals surface area contributed by atoms with Gasteiger partial charge in [0.15, 0.2) is 0 Å². The number of ketones is 1. The Hall–Kier alpha value is -1.07. The second kappa shape index (κ2) is 5.74. The lowest BCUT2D eigenvalue weighted by Crippen LogP contribution is -2.06. The van der Waals surface area contributed by atoms with Gasteiger partial charge in [0, 0.05) is 21.6 Å². The molecule has 2 aromatic heterocycles. The van der Waals surface area contributed by atoms with Crippen LogP contribution in [0.5, 0.6) is 0 Å². The number of nitrogens with zero attached hydrogens (tertiary/aromatic N) is 2. The molecule has 0 atom stereocenters. The molecule has 0 N–H and O–H groups in total. The SMILES string of the molecule is Cc1sc(C(C)C)nc1C(=O)c1nc(C(C)C)sc1C. The number of aromatic nitrogens is 2. The summed E-state index contributed by atoms with van der Waals surface area (Å²) < 4.78 is 0. The van der Waals surface area contributed by atoms with Crippen LogP contribution in [-0.2, 0) is 0 Å². The van der Waals surface area contributed by atoms with Crippen LogP contribution in [0.15, 0.2) is 0 Å². The summed E-state index contributed by atoms with van der Waals surface area (Å²) >= 11 is 3.22. The average Bonchev–Trinajstić information content (AvgIpc) is 2.92. The van der Waals surface area contributed by atoms with Crippen LogP contribution in [0.4, 0.5) is 0 Å². The van der Waals surface area contributed by atoms with E-state index in [4.69, 9.17) is 0 Å². The van der Waals surface area contributed by atoms with Gasteiger partial charge in [-0.2, -0.15) is 0 Å². The maximum Gasteiger partial charge on any atom is 0.231 e. The van der Waals surface area contributed by atoms with Crippen molar-refractivity contribution in [1.29, 1.82) is 0 Å². The molecule has 108 valence electrons. The molecule has 0 aliphatic rings. The first-order chi connectivity index (χ1) is 9.31. The van der Waals surface area contributed by atoms with E-state index < -0.39 is 0 Å². The molecule has 0 aliphatic heterocycles. The van der Waals surface area contributed by atoms with Gasteiger partial charge in [-0.05, 0) is 13.8 Å². The van der Waals surface area contributed by atoms with Crippen LogP contribution < -0.4 is 0 Å². The highest BCUT2D eigenvalue weighted by molar-refractivity contribution is 7.12. The largest absolute Gasteiger partial charge is 0.285 e. The zero-order valence-electron chi connectivity index (χ0n) is 12.8. The van der Waals surface area contributed by atoms with Crippen LogP contribution in [0.1, 0.15) is 75.5 Å². The number of carbonyl (C=O) groups is 1. The minimum absolute atomic E-state index is 0.0358. The summed E-state index contributed by atoms with van der Waals surface area (Å²) in [6.45, 7) is 12.3. The molecule has 0 radical (unpaired) electrons. The van der Waals surface area contributed by atoms with E-state index in [1.54, 1.807) is 22.7 Å². The standard InChI is InChI=1S/C15H20N2OS2/c1-7(2)14-16-11(9(5)19-14)13(18)12-10(6)20-15(17-12)8(3)4/h7-8H,1-6H3. The third-order valence-electron chi connectivity index (χ3n) is 3.04. The predicted octanol–water partition coefficient (Wildman–Crippen LogP) is 4.69. The molecule has 0 aromatic carbocycles. The van der Waals surface area contributed by atoms with E-state index >= 15 is 0 Å². The lowest BCUT2D eigenvalue weighted by Gasteiger charge is -1.98. The molecule has 2 rings (SSSR count). The van der Waals surface area contributed by atoms with Gasteiger partial charge in [-0.1, -0.05) is 27.7 Å². The third kappa shape index (κ3) is 2.83. The summed E-state index contributed by atoms with van der Waals surface area (Å²) in [5.41, 5.74) is 1.14. The number of hydrogen-bond donors (Lipinski definition) is 0. The van der Waals surface area contributed by atoms with Crippen molar-refractivity contribution < 1.29 is 4.79 Å². The van der Waals surface area contributed by atoms with Crippen LogP contribution in [0.25, 0.3) is 0 Å². The van der Waals surface area contributed by atoms with Crippen molar-refractivity contribution in [2.24, 2.45) is 0 Å². The second-order valence-corrected chi connectivity index (χ2v) is 8.02. The summed E-state index contributed by atoms with van der Waals surface area (Å²) in [6.07, 6.45) is 0. The highest BCUT2D eigenvalue weighted by Crippen LogP contribution is 2.29. The first-order valence-corrected chi connectivity index (χ1v) is 8.43. The molecule has 5 heteroatoms. The minimum Gasteiger partial charge on any atom is -0.285 e. The Morgan fingerprint density at radius 2 is 1.20 bits per heavy atom. The average molecular weight is 308 g/mol. The van der Waals surface area contributed by atoms with E-state index in [1.165, 1.54) is 0 Å². The molecule has 2 heterocycles. The van der Waals surface area contributed by atoms with E-state index in [0.717, 1.165) is 19.8 Å². The molecule has 0 saturated carbocycles. The monoisotopic (exact) mass is 308 g/mol. The van der Waals surface area contributed by atoms with Crippen molar-refractivity contribution in [1.82, 2.24) is 9.97 Å². The lowest BCUT2D eigenvalue weighted by molar-refractivity contribution is 0.102. The molecule has 0 bridgehead atoms. The van der Waals surface area contributed by atoms with Gasteiger partial charge in [0.2, 0.25) is 5.78 Å². The Balaban J connectivity index is 2.41. The highest BCUT2D eigenvalue weighted by Gasteiger charge is 2.23. The molecule has 0 unspecified atom stereocenters. The Labute approximate surface area is 128 Å². The van der Waals surface area contributed by atoms with E-state index in [0.29, 0.717) is 23.2 Å². The first kappa shape index (κ1) is 15.3. The topological polar surface area (TPSA) is 42.9 Å². The number of aryl methyl sites for hydroxylation is 2. The summed E-state index contributed by atoms with van der Waals surface area (Å²) in [5, 5.41) is 2.03. The summed E-state index contributed by atoms with van der Waals surface area (Å²) in [4.78, 5) is 23.6. The lowest BCUT2D eigenvalue weighted by atomic mass is 10.1. The number of thiazole rings is 2. The summed E-state index contributed by atoms with van der Waals surface area (Å²) in [7, 11) is 0. The molecule has 0 aliphatic carbocycles. The molecule has 0 spiro atoms. The fourth-order valence-corrected chi connectivity index (χ4v) is 3.70. The van der Waals surface area contributed by atoms with Crippen molar-refractivity contribution in [3.63, 3.8) is 0 Å². The Bertz CT molecular complexity index is 584. The maximum absolute atomic E-state index is 12.6. The van der Waals surface area contributed by atoms with Crippen LogP contribution >= 0.6 is 22.7 Å². The van der Waals surface area contributed by atoms with Gasteiger partial charge >= 0.3 is 0 Å². The first-order valence-electron chi connectivity index (χ1n) is 6.80. The Morgan fingerprint density at radius 3 is 1.45 bits per heavy atom. The molecule has 0 saturated heterocycles. The Morgan fingerprint density at radius 1 is 0.850 bits per heavy atom. The molecule has 0 fully saturated rings. The quantitative estimate of drug-likeness (QED) is 0.769. The van der Waals surface area contributed by atoms with Gasteiger partial charge in [-0.25, -0.2) is 9.97 Å². The van der Waals surface area contributed by atoms with Gasteiger partial charge < -0.3 is 0 Å². The van der Waals surface area contributed by atoms with Gasteiger partial charge in [0.25, 0.3) is 0 Å².